The Balaban J connectivity index is 1.83. The van der Waals surface area contributed by atoms with Gasteiger partial charge in [0.05, 0.1) is 16.5 Å². The Hall–Kier alpha value is -4.40. The molecule has 0 spiro atoms. The molecule has 1 amide bonds. The number of hydrogen-bond acceptors (Lipinski definition) is 5. The monoisotopic (exact) mass is 450 g/mol. The van der Waals surface area contributed by atoms with Gasteiger partial charge in [-0.1, -0.05) is 24.3 Å². The number of amides is 1. The number of benzene rings is 3. The Labute approximate surface area is 186 Å². The first-order valence-corrected chi connectivity index (χ1v) is 9.79. The molecular weight excluding hydrogens is 434 g/mol. The fraction of sp³-hybridized carbons (Fsp3) is 0.0833. The van der Waals surface area contributed by atoms with E-state index in [0.29, 0.717) is 11.1 Å². The van der Waals surface area contributed by atoms with Gasteiger partial charge in [-0.3, -0.25) is 19.7 Å². The maximum atomic E-state index is 13.5. The molecule has 1 heterocycles. The van der Waals surface area contributed by atoms with Crippen molar-refractivity contribution >= 4 is 23.1 Å². The van der Waals surface area contributed by atoms with E-state index >= 15 is 0 Å². The average Bonchev–Trinajstić information content (AvgIpc) is 3.05. The van der Waals surface area contributed by atoms with Crippen LogP contribution in [0.15, 0.2) is 78.4 Å². The van der Waals surface area contributed by atoms with E-state index < -0.39 is 40.0 Å². The van der Waals surface area contributed by atoms with Gasteiger partial charge >= 0.3 is 0 Å². The van der Waals surface area contributed by atoms with Crippen LogP contribution in [-0.4, -0.2) is 26.6 Å². The lowest BCUT2D eigenvalue weighted by molar-refractivity contribution is -0.384. The first kappa shape index (κ1) is 21.8. The highest BCUT2D eigenvalue weighted by molar-refractivity contribution is 6.46. The molecular formula is C24H16F2N2O5. The average molecular weight is 450 g/mol. The summed E-state index contributed by atoms with van der Waals surface area (Å²) in [6, 6.07) is 14.3. The second kappa shape index (κ2) is 8.62. The molecule has 0 aliphatic carbocycles. The van der Waals surface area contributed by atoms with Crippen LogP contribution in [-0.2, 0) is 16.1 Å². The number of halogens is 2. The van der Waals surface area contributed by atoms with Crippen LogP contribution in [0.4, 0.5) is 14.5 Å². The van der Waals surface area contributed by atoms with Crippen molar-refractivity contribution in [2.24, 2.45) is 0 Å². The van der Waals surface area contributed by atoms with Crippen molar-refractivity contribution in [1.29, 1.82) is 0 Å². The number of nitro groups is 1. The largest absolute Gasteiger partial charge is 0.507 e. The zero-order valence-corrected chi connectivity index (χ0v) is 16.9. The highest BCUT2D eigenvalue weighted by atomic mass is 19.1. The summed E-state index contributed by atoms with van der Waals surface area (Å²) in [5.74, 6) is -3.35. The van der Waals surface area contributed by atoms with Crippen LogP contribution >= 0.6 is 0 Å². The molecule has 33 heavy (non-hydrogen) atoms. The number of ketones is 1. The highest BCUT2D eigenvalue weighted by Crippen LogP contribution is 2.40. The number of Topliss-reactive ketones (excluding diaryl/α,β-unsaturated/α-hetero) is 1. The molecule has 3 aromatic rings. The van der Waals surface area contributed by atoms with Crippen LogP contribution in [0.25, 0.3) is 5.76 Å². The Kier molecular flexibility index (Phi) is 5.70. The summed E-state index contributed by atoms with van der Waals surface area (Å²) >= 11 is 0. The zero-order valence-electron chi connectivity index (χ0n) is 16.9. The summed E-state index contributed by atoms with van der Waals surface area (Å²) in [5, 5.41) is 21.8. The molecule has 7 nitrogen and oxygen atoms in total. The van der Waals surface area contributed by atoms with Crippen molar-refractivity contribution in [3.8, 4) is 0 Å². The molecule has 1 fully saturated rings. The summed E-state index contributed by atoms with van der Waals surface area (Å²) in [6.07, 6.45) is 0. The lowest BCUT2D eigenvalue weighted by Crippen LogP contribution is -2.29. The SMILES string of the molecule is O=C1C(=O)N(Cc2ccc(F)cc2)C(c2ccc(F)cc2)/C1=C(/O)c1ccc([N+](=O)[O-])cc1. The molecule has 9 heteroatoms. The molecule has 1 aliphatic heterocycles. The molecule has 166 valence electrons. The van der Waals surface area contributed by atoms with Gasteiger partial charge < -0.3 is 10.0 Å². The van der Waals surface area contributed by atoms with Gasteiger partial charge in [-0.05, 0) is 47.5 Å². The number of carbonyl (C=O) groups is 2. The van der Waals surface area contributed by atoms with Crippen molar-refractivity contribution in [2.45, 2.75) is 12.6 Å². The van der Waals surface area contributed by atoms with Crippen LogP contribution in [0, 0.1) is 21.7 Å². The van der Waals surface area contributed by atoms with E-state index in [1.54, 1.807) is 0 Å². The zero-order chi connectivity index (χ0) is 23.7. The van der Waals surface area contributed by atoms with E-state index in [0.717, 1.165) is 12.1 Å². The van der Waals surface area contributed by atoms with E-state index in [1.807, 2.05) is 0 Å². The second-order valence-corrected chi connectivity index (χ2v) is 7.41. The highest BCUT2D eigenvalue weighted by Gasteiger charge is 2.46. The number of nitro benzene ring substituents is 1. The Bertz CT molecular complexity index is 1270. The summed E-state index contributed by atoms with van der Waals surface area (Å²) in [6.45, 7) is -0.0655. The van der Waals surface area contributed by atoms with Crippen LogP contribution in [0.5, 0.6) is 0 Å². The predicted octanol–water partition coefficient (Wildman–Crippen LogP) is 4.49. The summed E-state index contributed by atoms with van der Waals surface area (Å²) < 4.78 is 26.8. The predicted molar refractivity (Wildman–Crippen MR) is 114 cm³/mol. The molecule has 1 aliphatic rings. The van der Waals surface area contributed by atoms with Gasteiger partial charge in [0.25, 0.3) is 17.4 Å². The van der Waals surface area contributed by atoms with Crippen molar-refractivity contribution in [1.82, 2.24) is 4.90 Å². The maximum Gasteiger partial charge on any atom is 0.295 e. The minimum atomic E-state index is -1.05. The second-order valence-electron chi connectivity index (χ2n) is 7.41. The van der Waals surface area contributed by atoms with Crippen molar-refractivity contribution in [3.63, 3.8) is 0 Å². The molecule has 1 unspecified atom stereocenters. The molecule has 3 aromatic carbocycles. The van der Waals surface area contributed by atoms with E-state index in [1.165, 1.54) is 65.6 Å². The van der Waals surface area contributed by atoms with Crippen LogP contribution < -0.4 is 0 Å². The van der Waals surface area contributed by atoms with E-state index in [-0.39, 0.29) is 23.4 Å². The molecule has 0 bridgehead atoms. The van der Waals surface area contributed by atoms with E-state index in [4.69, 9.17) is 0 Å². The molecule has 1 atom stereocenters. The molecule has 1 saturated heterocycles. The standard InChI is InChI=1S/C24H16F2N2O5/c25-17-7-1-14(2-8-17)13-27-21(15-3-9-18(26)10-4-15)20(23(30)24(27)31)22(29)16-5-11-19(12-6-16)28(32)33/h1-12,21,29H,13H2/b22-20-. The van der Waals surface area contributed by atoms with Crippen LogP contribution in [0.3, 0.4) is 0 Å². The molecule has 1 N–H and O–H groups in total. The minimum absolute atomic E-state index is 0.0655. The molecule has 0 aromatic heterocycles. The van der Waals surface area contributed by atoms with Crippen LogP contribution in [0.2, 0.25) is 0 Å². The first-order valence-electron chi connectivity index (χ1n) is 9.79. The summed E-state index contributed by atoms with van der Waals surface area (Å²) in [7, 11) is 0. The van der Waals surface area contributed by atoms with Gasteiger partial charge in [0.15, 0.2) is 0 Å². The smallest absolute Gasteiger partial charge is 0.295 e. The maximum absolute atomic E-state index is 13.5. The third kappa shape index (κ3) is 4.20. The fourth-order valence-electron chi connectivity index (χ4n) is 3.72. The topological polar surface area (TPSA) is 101 Å². The van der Waals surface area contributed by atoms with Gasteiger partial charge in [0.2, 0.25) is 0 Å². The molecule has 0 radical (unpaired) electrons. The van der Waals surface area contributed by atoms with E-state index in [2.05, 4.69) is 0 Å². The van der Waals surface area contributed by atoms with Gasteiger partial charge in [-0.15, -0.1) is 0 Å². The molecule has 4 rings (SSSR count). The Morgan fingerprint density at radius 1 is 0.909 bits per heavy atom. The summed E-state index contributed by atoms with van der Waals surface area (Å²) in [4.78, 5) is 37.4. The van der Waals surface area contributed by atoms with Gasteiger partial charge in [-0.2, -0.15) is 0 Å². The van der Waals surface area contributed by atoms with Gasteiger partial charge in [0, 0.05) is 24.2 Å². The Morgan fingerprint density at radius 3 is 2.00 bits per heavy atom. The minimum Gasteiger partial charge on any atom is -0.507 e. The lowest BCUT2D eigenvalue weighted by Gasteiger charge is -2.25. The number of hydrogen-bond donors (Lipinski definition) is 1. The van der Waals surface area contributed by atoms with Gasteiger partial charge in [0.1, 0.15) is 17.4 Å². The number of aliphatic hydroxyl groups is 1. The summed E-state index contributed by atoms with van der Waals surface area (Å²) in [5.41, 5.74) is 0.579. The fourth-order valence-corrected chi connectivity index (χ4v) is 3.72. The lowest BCUT2D eigenvalue weighted by atomic mass is 9.95. The number of aliphatic hydroxyl groups excluding tert-OH is 1. The number of nitrogens with zero attached hydrogens (tertiary/aromatic N) is 2. The Morgan fingerprint density at radius 2 is 1.45 bits per heavy atom. The van der Waals surface area contributed by atoms with E-state index in [9.17, 15) is 33.6 Å². The van der Waals surface area contributed by atoms with Crippen molar-refractivity contribution in [2.75, 3.05) is 0 Å². The normalized spacial score (nSPS) is 17.4. The van der Waals surface area contributed by atoms with Crippen LogP contribution in [0.1, 0.15) is 22.7 Å². The quantitative estimate of drug-likeness (QED) is 0.203. The molecule has 0 saturated carbocycles. The first-order chi connectivity index (χ1) is 15.8. The number of likely N-dealkylation sites (tertiary alicyclic amines) is 1. The number of carbonyl (C=O) groups excluding carboxylic acids is 2. The third-order valence-electron chi connectivity index (χ3n) is 5.34. The van der Waals surface area contributed by atoms with Crippen molar-refractivity contribution < 1.29 is 28.4 Å². The number of non-ortho nitro benzene ring substituents is 1. The number of rotatable bonds is 5. The van der Waals surface area contributed by atoms with Gasteiger partial charge in [-0.25, -0.2) is 8.78 Å². The van der Waals surface area contributed by atoms with Crippen molar-refractivity contribution in [3.05, 3.63) is 117 Å². The third-order valence-corrected chi connectivity index (χ3v) is 5.34.